The van der Waals surface area contributed by atoms with Crippen molar-refractivity contribution in [2.75, 3.05) is 6.54 Å². The molecule has 1 aromatic carbocycles. The number of carboxylic acid groups (broad SMARTS) is 1. The Labute approximate surface area is 138 Å². The van der Waals surface area contributed by atoms with E-state index in [1.54, 1.807) is 0 Å². The van der Waals surface area contributed by atoms with Crippen LogP contribution in [0.3, 0.4) is 0 Å². The SMILES string of the molecule is CC1C(C(=O)O)CCN1C(=O)c1cc(C(F)(F)F)cc(C(F)(F)F)c1. The van der Waals surface area contributed by atoms with Gasteiger partial charge in [-0.1, -0.05) is 0 Å². The Bertz CT molecular complexity index is 665. The lowest BCUT2D eigenvalue weighted by atomic mass is 10.0. The highest BCUT2D eigenvalue weighted by molar-refractivity contribution is 5.95. The largest absolute Gasteiger partial charge is 0.481 e. The van der Waals surface area contributed by atoms with Gasteiger partial charge in [-0.2, -0.15) is 26.3 Å². The van der Waals surface area contributed by atoms with Crippen LogP contribution in [0.25, 0.3) is 0 Å². The van der Waals surface area contributed by atoms with Crippen molar-refractivity contribution in [3.8, 4) is 0 Å². The molecule has 1 heterocycles. The number of carbonyl (C=O) groups is 2. The van der Waals surface area contributed by atoms with Crippen molar-refractivity contribution < 1.29 is 41.0 Å². The Morgan fingerprint density at radius 3 is 1.88 bits per heavy atom. The quantitative estimate of drug-likeness (QED) is 0.810. The normalized spacial score (nSPS) is 21.5. The number of rotatable bonds is 2. The summed E-state index contributed by atoms with van der Waals surface area (Å²) in [4.78, 5) is 24.4. The lowest BCUT2D eigenvalue weighted by Gasteiger charge is -2.24. The summed E-state index contributed by atoms with van der Waals surface area (Å²) in [5, 5.41) is 9.02. The number of nitrogens with zero attached hydrogens (tertiary/aromatic N) is 1. The maximum absolute atomic E-state index is 12.9. The molecule has 25 heavy (non-hydrogen) atoms. The van der Waals surface area contributed by atoms with Gasteiger partial charge in [0, 0.05) is 18.2 Å². The van der Waals surface area contributed by atoms with Gasteiger partial charge in [-0.05, 0) is 31.5 Å². The summed E-state index contributed by atoms with van der Waals surface area (Å²) in [5.41, 5.74) is -3.96. The molecule has 1 aliphatic rings. The Balaban J connectivity index is 2.44. The number of amides is 1. The molecule has 10 heteroatoms. The number of alkyl halides is 6. The van der Waals surface area contributed by atoms with E-state index in [4.69, 9.17) is 5.11 Å². The molecule has 1 aliphatic heterocycles. The molecule has 0 aliphatic carbocycles. The van der Waals surface area contributed by atoms with E-state index in [1.807, 2.05) is 0 Å². The minimum atomic E-state index is -5.06. The van der Waals surface area contributed by atoms with Crippen molar-refractivity contribution in [3.05, 3.63) is 34.9 Å². The van der Waals surface area contributed by atoms with Crippen LogP contribution < -0.4 is 0 Å². The van der Waals surface area contributed by atoms with Gasteiger partial charge in [-0.3, -0.25) is 9.59 Å². The fourth-order valence-corrected chi connectivity index (χ4v) is 2.80. The number of halogens is 6. The van der Waals surface area contributed by atoms with E-state index in [2.05, 4.69) is 0 Å². The van der Waals surface area contributed by atoms with Gasteiger partial charge in [-0.25, -0.2) is 0 Å². The van der Waals surface area contributed by atoms with Gasteiger partial charge in [-0.15, -0.1) is 0 Å². The van der Waals surface area contributed by atoms with Crippen LogP contribution in [0.1, 0.15) is 34.8 Å². The molecule has 0 spiro atoms. The maximum Gasteiger partial charge on any atom is 0.416 e. The van der Waals surface area contributed by atoms with Crippen LogP contribution in [0.15, 0.2) is 18.2 Å². The number of hydrogen-bond acceptors (Lipinski definition) is 2. The number of likely N-dealkylation sites (tertiary alicyclic amines) is 1. The van der Waals surface area contributed by atoms with Crippen molar-refractivity contribution >= 4 is 11.9 Å². The van der Waals surface area contributed by atoms with E-state index >= 15 is 0 Å². The summed E-state index contributed by atoms with van der Waals surface area (Å²) in [6, 6.07) is -0.213. The molecule has 0 saturated carbocycles. The second-order valence-corrected chi connectivity index (χ2v) is 5.77. The van der Waals surface area contributed by atoms with Crippen LogP contribution in [0.5, 0.6) is 0 Å². The highest BCUT2D eigenvalue weighted by Gasteiger charge is 2.41. The van der Waals surface area contributed by atoms with Crippen molar-refractivity contribution in [3.63, 3.8) is 0 Å². The Morgan fingerprint density at radius 2 is 1.52 bits per heavy atom. The zero-order valence-electron chi connectivity index (χ0n) is 12.8. The minimum Gasteiger partial charge on any atom is -0.481 e. The van der Waals surface area contributed by atoms with Crippen LogP contribution in [-0.4, -0.2) is 34.5 Å². The van der Waals surface area contributed by atoms with Gasteiger partial charge in [0.15, 0.2) is 0 Å². The summed E-state index contributed by atoms with van der Waals surface area (Å²) in [5.74, 6) is -3.16. The number of carboxylic acids is 1. The van der Waals surface area contributed by atoms with Crippen molar-refractivity contribution in [2.45, 2.75) is 31.7 Å². The van der Waals surface area contributed by atoms with Gasteiger partial charge < -0.3 is 10.0 Å². The summed E-state index contributed by atoms with van der Waals surface area (Å²) >= 11 is 0. The third-order valence-corrected chi connectivity index (χ3v) is 4.17. The molecule has 0 bridgehead atoms. The molecule has 0 radical (unpaired) electrons. The Kier molecular flexibility index (Phi) is 4.75. The molecule has 1 aromatic rings. The molecule has 2 rings (SSSR count). The first-order chi connectivity index (χ1) is 11.3. The molecule has 0 aromatic heterocycles. The van der Waals surface area contributed by atoms with Gasteiger partial charge in [0.2, 0.25) is 0 Å². The van der Waals surface area contributed by atoms with Crippen LogP contribution in [0, 0.1) is 5.92 Å². The monoisotopic (exact) mass is 369 g/mol. The Hall–Kier alpha value is -2.26. The summed E-state index contributed by atoms with van der Waals surface area (Å²) in [7, 11) is 0. The standard InChI is InChI=1S/C15H13F6NO3/c1-7-11(13(24)25)2-3-22(7)12(23)8-4-9(14(16,17)18)6-10(5-8)15(19,20)21/h4-7,11H,2-3H2,1H3,(H,24,25). The third kappa shape index (κ3) is 3.88. The van der Waals surface area contributed by atoms with Gasteiger partial charge >= 0.3 is 18.3 Å². The molecule has 4 nitrogen and oxygen atoms in total. The third-order valence-electron chi connectivity index (χ3n) is 4.17. The van der Waals surface area contributed by atoms with Crippen LogP contribution in [-0.2, 0) is 17.1 Å². The van der Waals surface area contributed by atoms with Crippen LogP contribution in [0.4, 0.5) is 26.3 Å². The maximum atomic E-state index is 12.9. The zero-order valence-corrected chi connectivity index (χ0v) is 12.8. The van der Waals surface area contributed by atoms with Gasteiger partial charge in [0.1, 0.15) is 0 Å². The second kappa shape index (κ2) is 6.23. The van der Waals surface area contributed by atoms with E-state index in [9.17, 15) is 35.9 Å². The number of benzene rings is 1. The fourth-order valence-electron chi connectivity index (χ4n) is 2.80. The number of carbonyl (C=O) groups excluding carboxylic acids is 1. The van der Waals surface area contributed by atoms with Gasteiger partial charge in [0.05, 0.1) is 17.0 Å². The molecule has 138 valence electrons. The van der Waals surface area contributed by atoms with Crippen molar-refractivity contribution in [2.24, 2.45) is 5.92 Å². The minimum absolute atomic E-state index is 0.0609. The Morgan fingerprint density at radius 1 is 1.04 bits per heavy atom. The molecular formula is C15H13F6NO3. The first-order valence-corrected chi connectivity index (χ1v) is 7.15. The van der Waals surface area contributed by atoms with Gasteiger partial charge in [0.25, 0.3) is 5.91 Å². The van der Waals surface area contributed by atoms with Crippen molar-refractivity contribution in [1.29, 1.82) is 0 Å². The summed E-state index contributed by atoms with van der Waals surface area (Å²) in [6.07, 6.45) is -10.0. The highest BCUT2D eigenvalue weighted by atomic mass is 19.4. The molecule has 2 atom stereocenters. The van der Waals surface area contributed by atoms with E-state index < -0.39 is 52.9 Å². The zero-order chi connectivity index (χ0) is 19.2. The lowest BCUT2D eigenvalue weighted by Crippen LogP contribution is -2.37. The lowest BCUT2D eigenvalue weighted by molar-refractivity contribution is -0.143. The van der Waals surface area contributed by atoms with Crippen LogP contribution >= 0.6 is 0 Å². The van der Waals surface area contributed by atoms with E-state index in [1.165, 1.54) is 6.92 Å². The molecule has 1 fully saturated rings. The van der Waals surface area contributed by atoms with E-state index in [0.717, 1.165) is 4.90 Å². The van der Waals surface area contributed by atoms with E-state index in [0.29, 0.717) is 12.1 Å². The van der Waals surface area contributed by atoms with Crippen LogP contribution in [0.2, 0.25) is 0 Å². The predicted octanol–water partition coefficient (Wildman–Crippen LogP) is 3.66. The molecular weight excluding hydrogens is 356 g/mol. The fraction of sp³-hybridized carbons (Fsp3) is 0.467. The molecule has 1 saturated heterocycles. The first-order valence-electron chi connectivity index (χ1n) is 7.15. The molecule has 1 amide bonds. The highest BCUT2D eigenvalue weighted by Crippen LogP contribution is 2.37. The average Bonchev–Trinajstić information content (AvgIpc) is 2.86. The summed E-state index contributed by atoms with van der Waals surface area (Å²) < 4.78 is 77.1. The smallest absolute Gasteiger partial charge is 0.416 e. The second-order valence-electron chi connectivity index (χ2n) is 5.77. The number of hydrogen-bond donors (Lipinski definition) is 1. The molecule has 1 N–H and O–H groups in total. The number of aliphatic carboxylic acids is 1. The topological polar surface area (TPSA) is 57.6 Å². The first kappa shape index (κ1) is 19.1. The van der Waals surface area contributed by atoms with E-state index in [-0.39, 0.29) is 19.0 Å². The van der Waals surface area contributed by atoms with Crippen molar-refractivity contribution in [1.82, 2.24) is 4.90 Å². The predicted molar refractivity (Wildman–Crippen MR) is 72.7 cm³/mol. The molecule has 2 unspecified atom stereocenters. The summed E-state index contributed by atoms with van der Waals surface area (Å²) in [6.45, 7) is 1.33. The average molecular weight is 369 g/mol.